The van der Waals surface area contributed by atoms with Crippen LogP contribution in [-0.2, 0) is 33.5 Å². The van der Waals surface area contributed by atoms with E-state index in [1.54, 1.807) is 13.0 Å². The zero-order valence-electron chi connectivity index (χ0n) is 26.2. The third-order valence-electron chi connectivity index (χ3n) is 7.30. The zero-order chi connectivity index (χ0) is 36.2. The highest BCUT2D eigenvalue weighted by molar-refractivity contribution is 7.86. The summed E-state index contributed by atoms with van der Waals surface area (Å²) in [5.41, 5.74) is 0.790. The summed E-state index contributed by atoms with van der Waals surface area (Å²) in [7, 11) is -0.895. The van der Waals surface area contributed by atoms with E-state index in [0.717, 1.165) is 23.3 Å². The molecule has 4 rings (SSSR count). The SMILES string of the molecule is Cc1ccc(-c2ccc(Cl)c3c(N(C(=O)N(C)CCCC(=O)O)S(C)=O)nn(CC(F)(F)F)c23)c(C(Cc2cc(F)cc(F)c2)NC=O)n1. The highest BCUT2D eigenvalue weighted by Gasteiger charge is 2.35. The fraction of sp³-hybridized carbons (Fsp3) is 0.323. The number of carbonyl (C=O) groups excluding carboxylic acids is 2. The number of hydrogen-bond donors (Lipinski definition) is 2. The normalized spacial score (nSPS) is 12.8. The van der Waals surface area contributed by atoms with E-state index in [1.807, 2.05) is 0 Å². The monoisotopic (exact) mass is 728 g/mol. The summed E-state index contributed by atoms with van der Waals surface area (Å²) in [5, 5.41) is 15.3. The van der Waals surface area contributed by atoms with Crippen LogP contribution < -0.4 is 9.62 Å². The molecule has 0 fully saturated rings. The van der Waals surface area contributed by atoms with Gasteiger partial charge in [-0.1, -0.05) is 23.7 Å². The molecule has 0 bridgehead atoms. The first-order valence-corrected chi connectivity index (χ1v) is 16.4. The molecule has 2 aromatic carbocycles. The number of hydrogen-bond acceptors (Lipinski definition) is 6. The summed E-state index contributed by atoms with van der Waals surface area (Å²) in [6.45, 7) is -0.113. The van der Waals surface area contributed by atoms with Crippen molar-refractivity contribution in [2.45, 2.75) is 44.9 Å². The Balaban J connectivity index is 1.97. The molecule has 2 unspecified atom stereocenters. The van der Waals surface area contributed by atoms with Gasteiger partial charge in [0, 0.05) is 49.2 Å². The number of carbonyl (C=O) groups is 3. The number of nitrogens with one attached hydrogen (secondary N) is 1. The number of fused-ring (bicyclic) bond motifs is 1. The first-order chi connectivity index (χ1) is 23.0. The molecule has 2 N–H and O–H groups in total. The van der Waals surface area contributed by atoms with E-state index in [1.165, 1.54) is 25.2 Å². The van der Waals surface area contributed by atoms with Gasteiger partial charge >= 0.3 is 18.2 Å². The predicted octanol–water partition coefficient (Wildman–Crippen LogP) is 5.95. The smallest absolute Gasteiger partial charge is 0.408 e. The number of carboxylic acids is 1. The van der Waals surface area contributed by atoms with Crippen molar-refractivity contribution in [3.05, 3.63) is 76.1 Å². The van der Waals surface area contributed by atoms with Crippen LogP contribution in [0.4, 0.5) is 32.6 Å². The summed E-state index contributed by atoms with van der Waals surface area (Å²) in [6, 6.07) is 6.68. The molecule has 0 spiro atoms. The van der Waals surface area contributed by atoms with Crippen molar-refractivity contribution in [1.82, 2.24) is 25.0 Å². The number of halogens is 6. The summed E-state index contributed by atoms with van der Waals surface area (Å²) in [4.78, 5) is 41.8. The Kier molecular flexibility index (Phi) is 11.6. The molecule has 49 heavy (non-hydrogen) atoms. The topological polar surface area (TPSA) is 138 Å². The molecule has 2 atom stereocenters. The molecule has 2 aromatic heterocycles. The predicted molar refractivity (Wildman–Crippen MR) is 172 cm³/mol. The van der Waals surface area contributed by atoms with Crippen LogP contribution in [0.25, 0.3) is 22.0 Å². The maximum absolute atomic E-state index is 14.1. The summed E-state index contributed by atoms with van der Waals surface area (Å²) in [5.74, 6) is -3.28. The summed E-state index contributed by atoms with van der Waals surface area (Å²) < 4.78 is 84.4. The number of alkyl halides is 3. The van der Waals surface area contributed by atoms with Gasteiger partial charge in [0.05, 0.1) is 27.7 Å². The lowest BCUT2D eigenvalue weighted by atomic mass is 9.94. The second-order valence-corrected chi connectivity index (χ2v) is 12.7. The standard InChI is InChI=1S/C31H30ClF5N6O5S/c1-17-6-7-21(27(39-17)24(38-16-44)13-18-11-19(33)14-20(34)12-18)22-8-9-23(32)26-28(22)42(15-31(35,36)37)40-29(26)43(49(3)48)30(47)41(2)10-4-5-25(45)46/h6-9,11-12,14,16,24H,4-5,10,13,15H2,1-3H3,(H,38,44)(H,45,46). The second-order valence-electron chi connectivity index (χ2n) is 11.0. The molecule has 18 heteroatoms. The van der Waals surface area contributed by atoms with Gasteiger partial charge in [0.25, 0.3) is 0 Å². The molecule has 0 aliphatic carbocycles. The molecule has 262 valence electrons. The quantitative estimate of drug-likeness (QED) is 0.128. The number of anilines is 1. The van der Waals surface area contributed by atoms with Crippen LogP contribution in [0.1, 0.15) is 35.8 Å². The molecule has 4 aromatic rings. The maximum Gasteiger partial charge on any atom is 0.408 e. The molecule has 0 saturated carbocycles. The number of carboxylic acid groups (broad SMARTS) is 1. The molecule has 3 amide bonds. The Morgan fingerprint density at radius 3 is 2.37 bits per heavy atom. The molecule has 0 aliphatic rings. The van der Waals surface area contributed by atoms with Crippen molar-refractivity contribution in [2.24, 2.45) is 0 Å². The van der Waals surface area contributed by atoms with Crippen LogP contribution in [0.2, 0.25) is 5.02 Å². The van der Waals surface area contributed by atoms with Crippen LogP contribution in [0, 0.1) is 18.6 Å². The van der Waals surface area contributed by atoms with Crippen molar-refractivity contribution in [1.29, 1.82) is 0 Å². The molecule has 0 saturated heterocycles. The van der Waals surface area contributed by atoms with E-state index in [9.17, 15) is 40.5 Å². The van der Waals surface area contributed by atoms with E-state index in [0.29, 0.717) is 27.2 Å². The third kappa shape index (κ3) is 8.89. The van der Waals surface area contributed by atoms with Gasteiger partial charge in [-0.25, -0.2) is 17.8 Å². The lowest BCUT2D eigenvalue weighted by molar-refractivity contribution is -0.142. The van der Waals surface area contributed by atoms with Crippen LogP contribution in [0.3, 0.4) is 0 Å². The van der Waals surface area contributed by atoms with Crippen LogP contribution >= 0.6 is 11.6 Å². The first kappa shape index (κ1) is 37.2. The minimum absolute atomic E-state index is 0.0391. The van der Waals surface area contributed by atoms with Crippen molar-refractivity contribution < 1.29 is 45.7 Å². The Hall–Kier alpha value is -4.64. The van der Waals surface area contributed by atoms with Gasteiger partial charge in [0.2, 0.25) is 6.41 Å². The minimum Gasteiger partial charge on any atom is -0.481 e. The number of nitrogens with zero attached hydrogens (tertiary/aromatic N) is 5. The lowest BCUT2D eigenvalue weighted by Crippen LogP contribution is -2.43. The lowest BCUT2D eigenvalue weighted by Gasteiger charge is -2.24. The van der Waals surface area contributed by atoms with E-state index in [4.69, 9.17) is 16.7 Å². The van der Waals surface area contributed by atoms with Crippen LogP contribution in [0.5, 0.6) is 0 Å². The van der Waals surface area contributed by atoms with Crippen molar-refractivity contribution >= 4 is 57.7 Å². The Morgan fingerprint density at radius 1 is 1.12 bits per heavy atom. The van der Waals surface area contributed by atoms with Crippen LogP contribution in [0.15, 0.2) is 42.5 Å². The largest absolute Gasteiger partial charge is 0.481 e. The first-order valence-electron chi connectivity index (χ1n) is 14.5. The van der Waals surface area contributed by atoms with Gasteiger partial charge in [-0.15, -0.1) is 0 Å². The second kappa shape index (κ2) is 15.3. The number of benzene rings is 2. The molecular formula is C31H30ClF5N6O5S. The summed E-state index contributed by atoms with van der Waals surface area (Å²) >= 11 is 6.58. The van der Waals surface area contributed by atoms with Gasteiger partial charge in [-0.2, -0.15) is 22.6 Å². The van der Waals surface area contributed by atoms with Gasteiger partial charge < -0.3 is 15.3 Å². The average molecular weight is 729 g/mol. The Morgan fingerprint density at radius 2 is 1.78 bits per heavy atom. The van der Waals surface area contributed by atoms with Crippen molar-refractivity contribution in [3.8, 4) is 11.1 Å². The van der Waals surface area contributed by atoms with Gasteiger partial charge in [0.1, 0.15) is 29.2 Å². The van der Waals surface area contributed by atoms with E-state index in [-0.39, 0.29) is 64.1 Å². The number of aromatic nitrogens is 3. The minimum atomic E-state index is -4.83. The molecule has 0 aliphatic heterocycles. The highest BCUT2D eigenvalue weighted by Crippen LogP contribution is 2.42. The number of urea groups is 1. The third-order valence-corrected chi connectivity index (χ3v) is 8.46. The maximum atomic E-state index is 14.1. The Labute approximate surface area is 284 Å². The van der Waals surface area contributed by atoms with Crippen molar-refractivity contribution in [3.63, 3.8) is 0 Å². The fourth-order valence-electron chi connectivity index (χ4n) is 5.30. The van der Waals surface area contributed by atoms with E-state index < -0.39 is 59.2 Å². The number of aliphatic carboxylic acids is 1. The van der Waals surface area contributed by atoms with E-state index >= 15 is 0 Å². The average Bonchev–Trinajstić information content (AvgIpc) is 3.34. The highest BCUT2D eigenvalue weighted by atomic mass is 35.5. The molecule has 11 nitrogen and oxygen atoms in total. The number of rotatable bonds is 13. The zero-order valence-corrected chi connectivity index (χ0v) is 27.8. The molecular weight excluding hydrogens is 699 g/mol. The number of aryl methyl sites for hydroxylation is 1. The van der Waals surface area contributed by atoms with Gasteiger partial charge in [0.15, 0.2) is 5.82 Å². The molecule has 2 heterocycles. The molecule has 0 radical (unpaired) electrons. The summed E-state index contributed by atoms with van der Waals surface area (Å²) in [6.07, 6.45) is -3.76. The van der Waals surface area contributed by atoms with Crippen LogP contribution in [-0.4, -0.2) is 73.4 Å². The number of amides is 3. The van der Waals surface area contributed by atoms with Gasteiger partial charge in [-0.3, -0.25) is 19.3 Å². The van der Waals surface area contributed by atoms with Crippen molar-refractivity contribution in [2.75, 3.05) is 24.2 Å². The van der Waals surface area contributed by atoms with Gasteiger partial charge in [-0.05, 0) is 49.6 Å². The van der Waals surface area contributed by atoms with E-state index in [2.05, 4.69) is 15.4 Å². The number of pyridine rings is 1. The Bertz CT molecular complexity index is 1900. The fourth-order valence-corrected chi connectivity index (χ4v) is 6.26.